The lowest BCUT2D eigenvalue weighted by atomic mass is 10.0. The van der Waals surface area contributed by atoms with Crippen LogP contribution in [0.3, 0.4) is 0 Å². The second-order valence-corrected chi connectivity index (χ2v) is 9.52. The third-order valence-corrected chi connectivity index (χ3v) is 7.16. The number of nitrogens with one attached hydrogen (secondary N) is 1. The number of carbonyl (C=O) groups is 1. The van der Waals surface area contributed by atoms with Gasteiger partial charge in [-0.05, 0) is 61.0 Å². The van der Waals surface area contributed by atoms with Crippen molar-refractivity contribution in [3.63, 3.8) is 0 Å². The minimum atomic E-state index is -0.495. The maximum Gasteiger partial charge on any atom is 0.322 e. The first-order chi connectivity index (χ1) is 19.1. The average Bonchev–Trinajstić information content (AvgIpc) is 3.67. The molecule has 1 unspecified atom stereocenters. The fourth-order valence-electron chi connectivity index (χ4n) is 5.31. The number of aryl methyl sites for hydroxylation is 1. The van der Waals surface area contributed by atoms with Gasteiger partial charge in [0.2, 0.25) is 6.79 Å². The molecule has 39 heavy (non-hydrogen) atoms. The lowest BCUT2D eigenvalue weighted by Crippen LogP contribution is -2.38. The van der Waals surface area contributed by atoms with Crippen molar-refractivity contribution >= 4 is 11.7 Å². The summed E-state index contributed by atoms with van der Waals surface area (Å²) in [7, 11) is 0. The van der Waals surface area contributed by atoms with Crippen molar-refractivity contribution in [1.29, 1.82) is 0 Å². The van der Waals surface area contributed by atoms with Crippen molar-refractivity contribution in [3.05, 3.63) is 119 Å². The van der Waals surface area contributed by atoms with Gasteiger partial charge in [-0.1, -0.05) is 30.3 Å². The first-order valence-corrected chi connectivity index (χ1v) is 12.6. The van der Waals surface area contributed by atoms with E-state index in [9.17, 15) is 9.18 Å². The van der Waals surface area contributed by atoms with Crippen molar-refractivity contribution in [2.24, 2.45) is 0 Å². The van der Waals surface area contributed by atoms with Crippen LogP contribution in [0.5, 0.6) is 11.5 Å². The van der Waals surface area contributed by atoms with Gasteiger partial charge < -0.3 is 24.3 Å². The van der Waals surface area contributed by atoms with Crippen LogP contribution in [0.1, 0.15) is 28.6 Å². The molecule has 2 aromatic heterocycles. The predicted octanol–water partition coefficient (Wildman–Crippen LogP) is 5.98. The highest BCUT2D eigenvalue weighted by atomic mass is 19.1. The maximum atomic E-state index is 14.0. The molecule has 0 spiro atoms. The Morgan fingerprint density at radius 2 is 1.77 bits per heavy atom. The number of rotatable bonds is 3. The molecule has 3 aromatic carbocycles. The van der Waals surface area contributed by atoms with Gasteiger partial charge in [0.25, 0.3) is 0 Å². The van der Waals surface area contributed by atoms with Crippen LogP contribution in [0.25, 0.3) is 11.5 Å². The molecule has 2 aliphatic heterocycles. The molecule has 4 heterocycles. The fraction of sp³-hybridized carbons (Fsp3) is 0.133. The van der Waals surface area contributed by atoms with E-state index in [-0.39, 0.29) is 25.2 Å². The van der Waals surface area contributed by atoms with Crippen molar-refractivity contribution in [2.75, 3.05) is 12.1 Å². The molecule has 0 saturated heterocycles. The Morgan fingerprint density at radius 1 is 0.974 bits per heavy atom. The Hall–Kier alpha value is -5.05. The quantitative estimate of drug-likeness (QED) is 0.317. The topological polar surface area (TPSA) is 73.6 Å². The van der Waals surface area contributed by atoms with Gasteiger partial charge in [0.05, 0.1) is 29.7 Å². The highest BCUT2D eigenvalue weighted by Crippen LogP contribution is 2.39. The van der Waals surface area contributed by atoms with Crippen LogP contribution in [0, 0.1) is 12.7 Å². The summed E-state index contributed by atoms with van der Waals surface area (Å²) in [4.78, 5) is 15.8. The largest absolute Gasteiger partial charge is 0.454 e. The molecule has 1 N–H and O–H groups in total. The van der Waals surface area contributed by atoms with E-state index in [4.69, 9.17) is 14.6 Å². The smallest absolute Gasteiger partial charge is 0.322 e. The number of fused-ring (bicyclic) bond motifs is 4. The predicted molar refractivity (Wildman–Crippen MR) is 143 cm³/mol. The molecule has 2 amide bonds. The molecule has 0 radical (unpaired) electrons. The number of nitrogens with zero attached hydrogens (tertiary/aromatic N) is 4. The lowest BCUT2D eigenvalue weighted by Gasteiger charge is -2.31. The second kappa shape index (κ2) is 9.05. The van der Waals surface area contributed by atoms with Crippen LogP contribution in [0.15, 0.2) is 91.1 Å². The van der Waals surface area contributed by atoms with Gasteiger partial charge in [0.15, 0.2) is 11.5 Å². The summed E-state index contributed by atoms with van der Waals surface area (Å²) in [5, 5.41) is 7.90. The van der Waals surface area contributed by atoms with Gasteiger partial charge in [-0.25, -0.2) is 13.9 Å². The number of para-hydroxylation sites is 1. The second-order valence-electron chi connectivity index (χ2n) is 9.52. The van der Waals surface area contributed by atoms with Crippen molar-refractivity contribution in [1.82, 2.24) is 19.2 Å². The number of benzene rings is 3. The van der Waals surface area contributed by atoms with Crippen LogP contribution < -0.4 is 14.8 Å². The van der Waals surface area contributed by atoms with Gasteiger partial charge in [-0.3, -0.25) is 0 Å². The van der Waals surface area contributed by atoms with E-state index >= 15 is 0 Å². The molecule has 1 atom stereocenters. The average molecular weight is 522 g/mol. The highest BCUT2D eigenvalue weighted by Gasteiger charge is 2.36. The number of anilines is 1. The summed E-state index contributed by atoms with van der Waals surface area (Å²) in [5.41, 5.74) is 4.88. The number of hydrogen-bond donors (Lipinski definition) is 1. The van der Waals surface area contributed by atoms with E-state index in [1.165, 1.54) is 12.1 Å². The van der Waals surface area contributed by atoms with Crippen LogP contribution in [-0.4, -0.2) is 32.1 Å². The summed E-state index contributed by atoms with van der Waals surface area (Å²) >= 11 is 0. The molecule has 194 valence electrons. The fourth-order valence-corrected chi connectivity index (χ4v) is 5.31. The van der Waals surface area contributed by atoms with Gasteiger partial charge in [-0.15, -0.1) is 0 Å². The van der Waals surface area contributed by atoms with Gasteiger partial charge >= 0.3 is 6.03 Å². The minimum Gasteiger partial charge on any atom is -0.454 e. The first kappa shape index (κ1) is 23.1. The molecular weight excluding hydrogens is 497 g/mol. The summed E-state index contributed by atoms with van der Waals surface area (Å²) < 4.78 is 28.8. The molecule has 0 bridgehead atoms. The first-order valence-electron chi connectivity index (χ1n) is 12.6. The Balaban J connectivity index is 1.37. The molecule has 5 aromatic rings. The highest BCUT2D eigenvalue weighted by molar-refractivity contribution is 5.90. The molecule has 8 nitrogen and oxygen atoms in total. The van der Waals surface area contributed by atoms with Crippen molar-refractivity contribution < 1.29 is 18.7 Å². The molecule has 0 saturated carbocycles. The van der Waals surface area contributed by atoms with E-state index in [1.54, 1.807) is 35.2 Å². The standard InChI is InChI=1S/C30H24FN5O3/c1-19-24-17-35(30(37)32-22-13-14-26-27(16-22)39-18-38-26)28(20-9-11-21(31)12-10-20)25-8-5-15-34(25)29(24)36(33-19)23-6-3-2-4-7-23/h2-16,28H,17-18H2,1H3,(H,32,37). The van der Waals surface area contributed by atoms with Crippen LogP contribution >= 0.6 is 0 Å². The number of ether oxygens (including phenoxy) is 2. The van der Waals surface area contributed by atoms with Gasteiger partial charge in [0.1, 0.15) is 11.6 Å². The third-order valence-electron chi connectivity index (χ3n) is 7.16. The number of carbonyl (C=O) groups excluding carboxylic acids is 1. The van der Waals surface area contributed by atoms with Crippen LogP contribution in [0.4, 0.5) is 14.9 Å². The van der Waals surface area contributed by atoms with Crippen molar-refractivity contribution in [3.8, 4) is 23.0 Å². The van der Waals surface area contributed by atoms with E-state index in [0.717, 1.165) is 34.0 Å². The molecule has 2 aliphatic rings. The maximum absolute atomic E-state index is 14.0. The van der Waals surface area contributed by atoms with Crippen LogP contribution in [0.2, 0.25) is 0 Å². The zero-order valence-electron chi connectivity index (χ0n) is 21.0. The van der Waals surface area contributed by atoms with Gasteiger partial charge in [-0.2, -0.15) is 5.10 Å². The van der Waals surface area contributed by atoms with E-state index in [1.807, 2.05) is 60.3 Å². The van der Waals surface area contributed by atoms with E-state index in [2.05, 4.69) is 9.88 Å². The summed E-state index contributed by atoms with van der Waals surface area (Å²) in [5.74, 6) is 1.75. The van der Waals surface area contributed by atoms with E-state index in [0.29, 0.717) is 17.2 Å². The van der Waals surface area contributed by atoms with Crippen molar-refractivity contribution in [2.45, 2.75) is 19.5 Å². The SMILES string of the molecule is Cc1nn(-c2ccccc2)c2c1CN(C(=O)Nc1ccc3c(c1)OCO3)C(c1ccc(F)cc1)c1cccn1-2. The normalized spacial score (nSPS) is 15.4. The molecule has 7 rings (SSSR count). The van der Waals surface area contributed by atoms with Gasteiger partial charge in [0, 0.05) is 23.5 Å². The number of urea groups is 1. The molecular formula is C30H24FN5O3. The Labute approximate surface area is 223 Å². The Kier molecular flexibility index (Phi) is 5.36. The van der Waals surface area contributed by atoms with E-state index < -0.39 is 6.04 Å². The minimum absolute atomic E-state index is 0.149. The monoisotopic (exact) mass is 521 g/mol. The summed E-state index contributed by atoms with van der Waals surface area (Å²) in [6.07, 6.45) is 1.98. The molecule has 0 fully saturated rings. The number of aromatic nitrogens is 3. The number of halogens is 1. The summed E-state index contributed by atoms with van der Waals surface area (Å²) in [6, 6.07) is 24.6. The lowest BCUT2D eigenvalue weighted by molar-refractivity contribution is 0.174. The molecule has 9 heteroatoms. The number of amides is 2. The number of hydrogen-bond acceptors (Lipinski definition) is 4. The third kappa shape index (κ3) is 3.90. The van der Waals surface area contributed by atoms with Crippen LogP contribution in [-0.2, 0) is 6.54 Å². The summed E-state index contributed by atoms with van der Waals surface area (Å²) in [6.45, 7) is 2.39. The molecule has 0 aliphatic carbocycles. The zero-order chi connectivity index (χ0) is 26.5. The Bertz CT molecular complexity index is 1690. The zero-order valence-corrected chi connectivity index (χ0v) is 21.0. The Morgan fingerprint density at radius 3 is 2.59 bits per heavy atom.